The molecule has 0 spiro atoms. The van der Waals surface area contributed by atoms with Gasteiger partial charge in [0, 0.05) is 6.20 Å². The average Bonchev–Trinajstić information content (AvgIpc) is 2.38. The molecular weight excluding hydrogens is 208 g/mol. The number of aromatic nitrogens is 2. The number of hydrogen-bond donors (Lipinski definition) is 0. The second-order valence-corrected chi connectivity index (χ2v) is 3.82. The minimum absolute atomic E-state index is 0.0412. The van der Waals surface area contributed by atoms with Crippen molar-refractivity contribution in [2.45, 2.75) is 38.2 Å². The van der Waals surface area contributed by atoms with Gasteiger partial charge >= 0.3 is 5.97 Å². The average molecular weight is 222 g/mol. The Morgan fingerprint density at radius 3 is 2.81 bits per heavy atom. The lowest BCUT2D eigenvalue weighted by molar-refractivity contribution is -0.279. The van der Waals surface area contributed by atoms with Crippen LogP contribution in [0.3, 0.4) is 0 Å². The molecule has 1 aliphatic carbocycles. The van der Waals surface area contributed by atoms with Gasteiger partial charge in [-0.3, -0.25) is 4.89 Å². The second kappa shape index (κ2) is 5.55. The molecule has 0 atom stereocenters. The van der Waals surface area contributed by atoms with E-state index < -0.39 is 5.97 Å². The molecule has 1 heterocycles. The highest BCUT2D eigenvalue weighted by Gasteiger charge is 2.18. The molecule has 0 unspecified atom stereocenters. The maximum absolute atomic E-state index is 11.4. The first-order valence-corrected chi connectivity index (χ1v) is 5.50. The maximum atomic E-state index is 11.4. The van der Waals surface area contributed by atoms with Crippen molar-refractivity contribution in [2.24, 2.45) is 0 Å². The van der Waals surface area contributed by atoms with Crippen LogP contribution < -0.4 is 0 Å². The molecule has 16 heavy (non-hydrogen) atoms. The van der Waals surface area contributed by atoms with E-state index in [0.717, 1.165) is 25.7 Å². The van der Waals surface area contributed by atoms with Gasteiger partial charge in [-0.15, -0.1) is 0 Å². The standard InChI is InChI=1S/C11H14N2O3/c14-11(10-6-7-12-8-13-10)16-15-9-4-2-1-3-5-9/h6-9H,1-5H2. The first kappa shape index (κ1) is 11.0. The molecule has 1 fully saturated rings. The van der Waals surface area contributed by atoms with Gasteiger partial charge in [0.1, 0.15) is 12.4 Å². The van der Waals surface area contributed by atoms with Crippen LogP contribution in [-0.4, -0.2) is 22.0 Å². The molecule has 86 valence electrons. The Hall–Kier alpha value is -1.49. The predicted octanol–water partition coefficient (Wildman–Crippen LogP) is 1.90. The molecule has 0 aromatic carbocycles. The van der Waals surface area contributed by atoms with Crippen molar-refractivity contribution in [3.8, 4) is 0 Å². The van der Waals surface area contributed by atoms with Crippen LogP contribution in [0.5, 0.6) is 0 Å². The summed E-state index contributed by atoms with van der Waals surface area (Å²) < 4.78 is 0. The Kier molecular flexibility index (Phi) is 3.82. The van der Waals surface area contributed by atoms with Crippen molar-refractivity contribution in [3.05, 3.63) is 24.3 Å². The van der Waals surface area contributed by atoms with E-state index in [-0.39, 0.29) is 11.8 Å². The fourth-order valence-corrected chi connectivity index (χ4v) is 1.73. The fraction of sp³-hybridized carbons (Fsp3) is 0.545. The van der Waals surface area contributed by atoms with E-state index in [2.05, 4.69) is 9.97 Å². The molecule has 0 radical (unpaired) electrons. The molecule has 5 nitrogen and oxygen atoms in total. The molecule has 1 saturated carbocycles. The fourth-order valence-electron chi connectivity index (χ4n) is 1.73. The number of carbonyl (C=O) groups is 1. The van der Waals surface area contributed by atoms with Crippen LogP contribution in [0.4, 0.5) is 0 Å². The molecule has 0 saturated heterocycles. The van der Waals surface area contributed by atoms with Gasteiger partial charge in [0.05, 0.1) is 0 Å². The highest BCUT2D eigenvalue weighted by molar-refractivity contribution is 5.86. The summed E-state index contributed by atoms with van der Waals surface area (Å²) in [6.07, 6.45) is 8.25. The summed E-state index contributed by atoms with van der Waals surface area (Å²) in [5.74, 6) is -0.562. The summed E-state index contributed by atoms with van der Waals surface area (Å²) in [6, 6.07) is 1.49. The van der Waals surface area contributed by atoms with Gasteiger partial charge in [0.2, 0.25) is 0 Å². The van der Waals surface area contributed by atoms with Crippen LogP contribution in [0.2, 0.25) is 0 Å². The summed E-state index contributed by atoms with van der Waals surface area (Å²) in [6.45, 7) is 0. The molecule has 1 aromatic rings. The van der Waals surface area contributed by atoms with Crippen LogP contribution in [0, 0.1) is 0 Å². The van der Waals surface area contributed by atoms with Gasteiger partial charge in [-0.05, 0) is 18.9 Å². The van der Waals surface area contributed by atoms with Crippen molar-refractivity contribution in [1.29, 1.82) is 0 Å². The van der Waals surface area contributed by atoms with Crippen LogP contribution >= 0.6 is 0 Å². The number of hydrogen-bond acceptors (Lipinski definition) is 5. The minimum Gasteiger partial charge on any atom is -0.291 e. The normalized spacial score (nSPS) is 17.0. The molecular formula is C11H14N2O3. The Morgan fingerprint density at radius 2 is 2.12 bits per heavy atom. The van der Waals surface area contributed by atoms with Crippen molar-refractivity contribution < 1.29 is 14.6 Å². The van der Waals surface area contributed by atoms with Gasteiger partial charge in [-0.25, -0.2) is 14.8 Å². The third kappa shape index (κ3) is 3.00. The quantitative estimate of drug-likeness (QED) is 0.577. The number of rotatable bonds is 3. The van der Waals surface area contributed by atoms with E-state index in [1.165, 1.54) is 25.0 Å². The van der Waals surface area contributed by atoms with Crippen molar-refractivity contribution in [1.82, 2.24) is 9.97 Å². The molecule has 5 heteroatoms. The predicted molar refractivity (Wildman–Crippen MR) is 55.4 cm³/mol. The molecule has 2 rings (SSSR count). The van der Waals surface area contributed by atoms with E-state index in [1.54, 1.807) is 0 Å². The second-order valence-electron chi connectivity index (χ2n) is 3.82. The van der Waals surface area contributed by atoms with E-state index in [9.17, 15) is 4.79 Å². The largest absolute Gasteiger partial charge is 0.391 e. The van der Waals surface area contributed by atoms with Gasteiger partial charge in [-0.1, -0.05) is 19.3 Å². The lowest BCUT2D eigenvalue weighted by Gasteiger charge is -2.19. The Labute approximate surface area is 93.7 Å². The summed E-state index contributed by atoms with van der Waals surface area (Å²) in [5, 5.41) is 0. The maximum Gasteiger partial charge on any atom is 0.391 e. The van der Waals surface area contributed by atoms with Gasteiger partial charge in [0.15, 0.2) is 5.69 Å². The first-order chi connectivity index (χ1) is 7.86. The van der Waals surface area contributed by atoms with Crippen LogP contribution in [0.1, 0.15) is 42.6 Å². The zero-order valence-corrected chi connectivity index (χ0v) is 8.96. The lowest BCUT2D eigenvalue weighted by atomic mass is 9.98. The SMILES string of the molecule is O=C(OOC1CCCCC1)c1ccncn1. The highest BCUT2D eigenvalue weighted by Crippen LogP contribution is 2.20. The van der Waals surface area contributed by atoms with Crippen LogP contribution in [0.25, 0.3) is 0 Å². The highest BCUT2D eigenvalue weighted by atomic mass is 17.2. The van der Waals surface area contributed by atoms with Crippen molar-refractivity contribution in [3.63, 3.8) is 0 Å². The summed E-state index contributed by atoms with van der Waals surface area (Å²) in [5.41, 5.74) is 0.214. The van der Waals surface area contributed by atoms with E-state index in [0.29, 0.717) is 0 Å². The smallest absolute Gasteiger partial charge is 0.291 e. The minimum atomic E-state index is -0.562. The number of carbonyl (C=O) groups excluding carboxylic acids is 1. The third-order valence-electron chi connectivity index (χ3n) is 2.60. The van der Waals surface area contributed by atoms with Crippen LogP contribution in [0.15, 0.2) is 18.6 Å². The third-order valence-corrected chi connectivity index (χ3v) is 2.60. The molecule has 0 aliphatic heterocycles. The van der Waals surface area contributed by atoms with Gasteiger partial charge in [0.25, 0.3) is 0 Å². The molecule has 0 amide bonds. The van der Waals surface area contributed by atoms with Crippen LogP contribution in [-0.2, 0) is 9.78 Å². The molecule has 1 aliphatic rings. The first-order valence-electron chi connectivity index (χ1n) is 5.50. The van der Waals surface area contributed by atoms with Crippen molar-refractivity contribution in [2.75, 3.05) is 0 Å². The zero-order valence-electron chi connectivity index (χ0n) is 8.96. The molecule has 0 bridgehead atoms. The van der Waals surface area contributed by atoms with Gasteiger partial charge in [-0.2, -0.15) is 4.89 Å². The van der Waals surface area contributed by atoms with Gasteiger partial charge < -0.3 is 0 Å². The molecule has 1 aromatic heterocycles. The summed E-state index contributed by atoms with van der Waals surface area (Å²) in [4.78, 5) is 28.8. The van der Waals surface area contributed by atoms with E-state index in [1.807, 2.05) is 0 Å². The number of nitrogens with zero attached hydrogens (tertiary/aromatic N) is 2. The Balaban J connectivity index is 1.79. The van der Waals surface area contributed by atoms with Crippen molar-refractivity contribution >= 4 is 5.97 Å². The zero-order chi connectivity index (χ0) is 11.2. The monoisotopic (exact) mass is 222 g/mol. The topological polar surface area (TPSA) is 61.3 Å². The van der Waals surface area contributed by atoms with E-state index >= 15 is 0 Å². The lowest BCUT2D eigenvalue weighted by Crippen LogP contribution is -2.19. The summed E-state index contributed by atoms with van der Waals surface area (Å²) in [7, 11) is 0. The molecule has 0 N–H and O–H groups in total. The summed E-state index contributed by atoms with van der Waals surface area (Å²) >= 11 is 0. The van der Waals surface area contributed by atoms with E-state index in [4.69, 9.17) is 9.78 Å². The Morgan fingerprint density at radius 1 is 1.31 bits per heavy atom. The Bertz CT molecular complexity index is 336.